The second-order valence-electron chi connectivity index (χ2n) is 8.14. The minimum absolute atomic E-state index is 0.138. The molecule has 2 aromatic heterocycles. The van der Waals surface area contributed by atoms with Gasteiger partial charge in [0.15, 0.2) is 0 Å². The van der Waals surface area contributed by atoms with Crippen molar-refractivity contribution in [2.75, 3.05) is 12.8 Å². The van der Waals surface area contributed by atoms with Crippen molar-refractivity contribution in [3.05, 3.63) is 52.9 Å². The number of hydrogen-bond donors (Lipinski definition) is 1. The number of halogens is 1. The molecule has 3 heterocycles. The van der Waals surface area contributed by atoms with Crippen molar-refractivity contribution in [3.63, 3.8) is 0 Å². The summed E-state index contributed by atoms with van der Waals surface area (Å²) in [5.41, 5.74) is 7.43. The number of nitrogens with zero attached hydrogens (tertiary/aromatic N) is 3. The van der Waals surface area contributed by atoms with Crippen LogP contribution < -0.4 is 5.73 Å². The summed E-state index contributed by atoms with van der Waals surface area (Å²) in [5, 5.41) is 0.449. The zero-order valence-electron chi connectivity index (χ0n) is 16.6. The Bertz CT molecular complexity index is 1300. The zero-order chi connectivity index (χ0) is 21.3. The highest BCUT2D eigenvalue weighted by Crippen LogP contribution is 2.45. The van der Waals surface area contributed by atoms with Crippen LogP contribution in [-0.2, 0) is 15.6 Å². The summed E-state index contributed by atoms with van der Waals surface area (Å²) in [5.74, 6) is -0.359. The van der Waals surface area contributed by atoms with E-state index in [4.69, 9.17) is 5.73 Å². The maximum Gasteiger partial charge on any atom is 0.239 e. The van der Waals surface area contributed by atoms with E-state index in [-0.39, 0.29) is 16.6 Å². The maximum atomic E-state index is 15.5. The molecule has 0 amide bonds. The number of benzene rings is 1. The van der Waals surface area contributed by atoms with Gasteiger partial charge in [-0.1, -0.05) is 24.3 Å². The Morgan fingerprint density at radius 2 is 2.03 bits per heavy atom. The molecule has 1 aliphatic carbocycles. The SMILES string of the molecule is CN1C(N)=NC(C)(c2sc3c(-c4ccc(C5CC5)nc4)cccc3c2F)CS1(=O)=O. The van der Waals surface area contributed by atoms with Crippen molar-refractivity contribution in [2.24, 2.45) is 10.7 Å². The van der Waals surface area contributed by atoms with Gasteiger partial charge in [0.2, 0.25) is 16.0 Å². The molecule has 156 valence electrons. The summed E-state index contributed by atoms with van der Waals surface area (Å²) in [6.07, 6.45) is 4.20. The fraction of sp³-hybridized carbons (Fsp3) is 0.333. The molecule has 1 fully saturated rings. The van der Waals surface area contributed by atoms with Crippen LogP contribution in [0.25, 0.3) is 21.2 Å². The van der Waals surface area contributed by atoms with Gasteiger partial charge in [-0.15, -0.1) is 11.3 Å². The predicted molar refractivity (Wildman–Crippen MR) is 118 cm³/mol. The quantitative estimate of drug-likeness (QED) is 0.666. The number of rotatable bonds is 3. The van der Waals surface area contributed by atoms with Crippen molar-refractivity contribution in [2.45, 2.75) is 31.2 Å². The maximum absolute atomic E-state index is 15.5. The Labute approximate surface area is 178 Å². The number of nitrogens with two attached hydrogens (primary N) is 1. The molecule has 1 saturated carbocycles. The van der Waals surface area contributed by atoms with Crippen molar-refractivity contribution in [1.82, 2.24) is 9.29 Å². The molecule has 1 atom stereocenters. The molecule has 0 spiro atoms. The third-order valence-electron chi connectivity index (χ3n) is 5.80. The highest BCUT2D eigenvalue weighted by Gasteiger charge is 2.43. The lowest BCUT2D eigenvalue weighted by Crippen LogP contribution is -2.50. The Kier molecular flexibility index (Phi) is 4.20. The molecule has 0 saturated heterocycles. The number of sulfonamides is 1. The summed E-state index contributed by atoms with van der Waals surface area (Å²) in [6, 6.07) is 9.50. The lowest BCUT2D eigenvalue weighted by Gasteiger charge is -2.33. The largest absolute Gasteiger partial charge is 0.369 e. The molecular formula is C21H21FN4O2S2. The van der Waals surface area contributed by atoms with Crippen LogP contribution in [0.4, 0.5) is 4.39 Å². The summed E-state index contributed by atoms with van der Waals surface area (Å²) in [6.45, 7) is 1.61. The number of aliphatic imine (C=N–C) groups is 1. The fourth-order valence-corrected chi connectivity index (χ4v) is 6.75. The first-order valence-electron chi connectivity index (χ1n) is 9.69. The van der Waals surface area contributed by atoms with Crippen LogP contribution in [0.2, 0.25) is 0 Å². The third kappa shape index (κ3) is 2.99. The van der Waals surface area contributed by atoms with Gasteiger partial charge in [0.25, 0.3) is 0 Å². The summed E-state index contributed by atoms with van der Waals surface area (Å²) >= 11 is 1.23. The van der Waals surface area contributed by atoms with Crippen molar-refractivity contribution < 1.29 is 12.8 Å². The second-order valence-corrected chi connectivity index (χ2v) is 11.2. The lowest BCUT2D eigenvalue weighted by atomic mass is 10.0. The third-order valence-corrected chi connectivity index (χ3v) is 9.22. The highest BCUT2D eigenvalue weighted by molar-refractivity contribution is 7.89. The van der Waals surface area contributed by atoms with E-state index in [0.717, 1.165) is 25.8 Å². The average Bonchev–Trinajstić information content (AvgIpc) is 3.49. The molecule has 1 unspecified atom stereocenters. The van der Waals surface area contributed by atoms with E-state index in [1.165, 1.54) is 31.2 Å². The summed E-state index contributed by atoms with van der Waals surface area (Å²) in [7, 11) is -2.33. The van der Waals surface area contributed by atoms with E-state index in [1.54, 1.807) is 19.1 Å². The molecule has 0 bridgehead atoms. The molecule has 5 rings (SSSR count). The Hall–Kier alpha value is -2.52. The monoisotopic (exact) mass is 444 g/mol. The number of guanidine groups is 1. The molecule has 9 heteroatoms. The smallest absolute Gasteiger partial charge is 0.239 e. The molecule has 1 aliphatic heterocycles. The highest BCUT2D eigenvalue weighted by atomic mass is 32.2. The van der Waals surface area contributed by atoms with Crippen LogP contribution in [0.15, 0.2) is 41.5 Å². The number of thiophene rings is 1. The first-order valence-corrected chi connectivity index (χ1v) is 12.1. The number of aromatic nitrogens is 1. The zero-order valence-corrected chi connectivity index (χ0v) is 18.2. The normalized spacial score (nSPS) is 23.6. The van der Waals surface area contributed by atoms with Gasteiger partial charge in [-0.2, -0.15) is 0 Å². The van der Waals surface area contributed by atoms with Crippen molar-refractivity contribution >= 4 is 37.4 Å². The van der Waals surface area contributed by atoms with Crippen LogP contribution in [-0.4, -0.2) is 36.5 Å². The van der Waals surface area contributed by atoms with Crippen LogP contribution in [0.1, 0.15) is 36.3 Å². The topological polar surface area (TPSA) is 88.7 Å². The van der Waals surface area contributed by atoms with E-state index in [9.17, 15) is 8.42 Å². The van der Waals surface area contributed by atoms with E-state index in [0.29, 0.717) is 11.3 Å². The lowest BCUT2D eigenvalue weighted by molar-refractivity contribution is 0.467. The van der Waals surface area contributed by atoms with Crippen LogP contribution in [0.3, 0.4) is 0 Å². The molecular weight excluding hydrogens is 423 g/mol. The number of pyridine rings is 1. The number of fused-ring (bicyclic) bond motifs is 1. The first kappa shape index (κ1) is 19.4. The van der Waals surface area contributed by atoms with Gasteiger partial charge in [0, 0.05) is 46.1 Å². The van der Waals surface area contributed by atoms with Gasteiger partial charge in [-0.25, -0.2) is 22.1 Å². The Morgan fingerprint density at radius 3 is 2.67 bits per heavy atom. The minimum atomic E-state index is -3.68. The standard InChI is InChI=1S/C21H21FN4O2S2/c1-21(11-30(27,28)26(2)20(23)25-21)19-17(22)15-5-3-4-14(18(15)29-19)13-8-9-16(24-10-13)12-6-7-12/h3-5,8-10,12H,6-7,11H2,1-2H3,(H2,23,25). The molecule has 1 aromatic carbocycles. The molecule has 2 aliphatic rings. The van der Waals surface area contributed by atoms with Crippen LogP contribution >= 0.6 is 11.3 Å². The van der Waals surface area contributed by atoms with Crippen LogP contribution in [0, 0.1) is 5.82 Å². The van der Waals surface area contributed by atoms with Gasteiger partial charge in [0.1, 0.15) is 11.4 Å². The van der Waals surface area contributed by atoms with Gasteiger partial charge < -0.3 is 5.73 Å². The van der Waals surface area contributed by atoms with E-state index < -0.39 is 21.4 Å². The summed E-state index contributed by atoms with van der Waals surface area (Å²) in [4.78, 5) is 9.21. The predicted octanol–water partition coefficient (Wildman–Crippen LogP) is 3.78. The van der Waals surface area contributed by atoms with Crippen LogP contribution in [0.5, 0.6) is 0 Å². The average molecular weight is 445 g/mol. The molecule has 3 aromatic rings. The van der Waals surface area contributed by atoms with E-state index >= 15 is 4.39 Å². The fourth-order valence-electron chi connectivity index (χ4n) is 3.91. The molecule has 30 heavy (non-hydrogen) atoms. The Morgan fingerprint density at radius 1 is 1.27 bits per heavy atom. The van der Waals surface area contributed by atoms with E-state index in [2.05, 4.69) is 9.98 Å². The number of hydrogen-bond acceptors (Lipinski definition) is 6. The van der Waals surface area contributed by atoms with Gasteiger partial charge in [0.05, 0.1) is 10.6 Å². The van der Waals surface area contributed by atoms with E-state index in [1.807, 2.05) is 24.4 Å². The molecule has 2 N–H and O–H groups in total. The first-order chi connectivity index (χ1) is 14.2. The minimum Gasteiger partial charge on any atom is -0.369 e. The van der Waals surface area contributed by atoms with Gasteiger partial charge in [-0.3, -0.25) is 4.98 Å². The molecule has 0 radical (unpaired) electrons. The Balaban J connectivity index is 1.65. The van der Waals surface area contributed by atoms with Crippen molar-refractivity contribution in [1.29, 1.82) is 0 Å². The van der Waals surface area contributed by atoms with Crippen molar-refractivity contribution in [3.8, 4) is 11.1 Å². The summed E-state index contributed by atoms with van der Waals surface area (Å²) < 4.78 is 42.2. The van der Waals surface area contributed by atoms with Gasteiger partial charge in [-0.05, 0) is 25.8 Å². The van der Waals surface area contributed by atoms with Gasteiger partial charge >= 0.3 is 0 Å². The molecule has 6 nitrogen and oxygen atoms in total. The second kappa shape index (κ2) is 6.49.